The van der Waals surface area contributed by atoms with E-state index in [9.17, 15) is 4.79 Å². The fourth-order valence-electron chi connectivity index (χ4n) is 2.63. The number of hydrazone groups is 1. The van der Waals surface area contributed by atoms with Gasteiger partial charge in [-0.25, -0.2) is 9.78 Å². The molecule has 23 heavy (non-hydrogen) atoms. The van der Waals surface area contributed by atoms with Gasteiger partial charge in [0, 0.05) is 32.1 Å². The van der Waals surface area contributed by atoms with Crippen LogP contribution < -0.4 is 4.90 Å². The molecule has 0 spiro atoms. The number of pyridine rings is 1. The van der Waals surface area contributed by atoms with Crippen molar-refractivity contribution < 1.29 is 4.79 Å². The third kappa shape index (κ3) is 3.00. The van der Waals surface area contributed by atoms with Gasteiger partial charge in [0.1, 0.15) is 5.82 Å². The van der Waals surface area contributed by atoms with Crippen molar-refractivity contribution in [3.8, 4) is 11.8 Å². The van der Waals surface area contributed by atoms with E-state index < -0.39 is 0 Å². The second-order valence-electron chi connectivity index (χ2n) is 6.63. The lowest BCUT2D eigenvalue weighted by molar-refractivity contribution is 0.198. The van der Waals surface area contributed by atoms with E-state index in [2.05, 4.69) is 21.9 Å². The van der Waals surface area contributed by atoms with Crippen molar-refractivity contribution in [3.05, 3.63) is 23.9 Å². The molecule has 0 radical (unpaired) electrons. The molecule has 2 aliphatic rings. The molecule has 1 saturated heterocycles. The lowest BCUT2D eigenvalue weighted by Crippen LogP contribution is -2.38. The Morgan fingerprint density at radius 2 is 2.09 bits per heavy atom. The van der Waals surface area contributed by atoms with Gasteiger partial charge in [0.15, 0.2) is 0 Å². The standard InChI is InChI=1S/C17H21N5O/c1-17(2)12-22(16(23)21(17)4)15-8-7-13(9-18-15)5-6-14-10-19-20(3)11-14/h7-10,14H,11-12H2,1-4H3. The number of urea groups is 1. The molecule has 0 saturated carbocycles. The molecule has 0 N–H and O–H groups in total. The number of rotatable bonds is 1. The van der Waals surface area contributed by atoms with Gasteiger partial charge in [0.25, 0.3) is 0 Å². The zero-order valence-electron chi connectivity index (χ0n) is 13.9. The molecule has 1 unspecified atom stereocenters. The number of nitrogens with zero attached hydrogens (tertiary/aromatic N) is 5. The monoisotopic (exact) mass is 311 g/mol. The van der Waals surface area contributed by atoms with Crippen LogP contribution in [0.25, 0.3) is 0 Å². The molecule has 1 fully saturated rings. The van der Waals surface area contributed by atoms with Gasteiger partial charge >= 0.3 is 6.03 Å². The summed E-state index contributed by atoms with van der Waals surface area (Å²) in [5.41, 5.74) is 0.654. The summed E-state index contributed by atoms with van der Waals surface area (Å²) < 4.78 is 0. The summed E-state index contributed by atoms with van der Waals surface area (Å²) in [5.74, 6) is 7.12. The minimum absolute atomic E-state index is 0.0217. The largest absolute Gasteiger partial charge is 0.325 e. The zero-order valence-corrected chi connectivity index (χ0v) is 13.9. The van der Waals surface area contributed by atoms with E-state index in [0.29, 0.717) is 12.4 Å². The first-order valence-corrected chi connectivity index (χ1v) is 7.65. The fraction of sp³-hybridized carbons (Fsp3) is 0.471. The Morgan fingerprint density at radius 3 is 2.61 bits per heavy atom. The predicted octanol–water partition coefficient (Wildman–Crippen LogP) is 1.63. The molecule has 1 atom stereocenters. The van der Waals surface area contributed by atoms with Gasteiger partial charge in [-0.2, -0.15) is 5.10 Å². The average molecular weight is 311 g/mol. The number of aromatic nitrogens is 1. The van der Waals surface area contributed by atoms with Gasteiger partial charge in [0.05, 0.1) is 24.5 Å². The van der Waals surface area contributed by atoms with Gasteiger partial charge in [-0.1, -0.05) is 11.8 Å². The van der Waals surface area contributed by atoms with Crippen LogP contribution in [0.5, 0.6) is 0 Å². The fourth-order valence-corrected chi connectivity index (χ4v) is 2.63. The molecule has 1 aromatic heterocycles. The number of carbonyl (C=O) groups excluding carboxylic acids is 1. The van der Waals surface area contributed by atoms with Gasteiger partial charge in [-0.05, 0) is 26.0 Å². The van der Waals surface area contributed by atoms with Crippen molar-refractivity contribution in [2.75, 3.05) is 32.1 Å². The summed E-state index contributed by atoms with van der Waals surface area (Å²) in [6.45, 7) is 5.54. The summed E-state index contributed by atoms with van der Waals surface area (Å²) >= 11 is 0. The van der Waals surface area contributed by atoms with Crippen molar-refractivity contribution in [1.82, 2.24) is 14.9 Å². The summed E-state index contributed by atoms with van der Waals surface area (Å²) in [4.78, 5) is 20.2. The summed E-state index contributed by atoms with van der Waals surface area (Å²) in [6, 6.07) is 3.74. The maximum absolute atomic E-state index is 12.3. The average Bonchev–Trinajstić information content (AvgIpc) is 3.03. The van der Waals surface area contributed by atoms with Crippen LogP contribution in [0.3, 0.4) is 0 Å². The number of anilines is 1. The van der Waals surface area contributed by atoms with E-state index >= 15 is 0 Å². The molecule has 6 nitrogen and oxygen atoms in total. The Balaban J connectivity index is 1.72. The first-order chi connectivity index (χ1) is 10.9. The molecule has 120 valence electrons. The maximum Gasteiger partial charge on any atom is 0.325 e. The van der Waals surface area contributed by atoms with Crippen LogP contribution in [-0.2, 0) is 0 Å². The SMILES string of the molecule is CN1CC(C#Cc2ccc(N3CC(C)(C)N(C)C3=O)nc2)C=N1. The number of carbonyl (C=O) groups is 1. The van der Waals surface area contributed by atoms with E-state index in [0.717, 1.165) is 12.1 Å². The van der Waals surface area contributed by atoms with E-state index in [-0.39, 0.29) is 17.5 Å². The molecule has 0 aromatic carbocycles. The highest BCUT2D eigenvalue weighted by atomic mass is 16.2. The van der Waals surface area contributed by atoms with Gasteiger partial charge in [-0.3, -0.25) is 9.91 Å². The Kier molecular flexibility index (Phi) is 3.72. The minimum atomic E-state index is -0.189. The molecular weight excluding hydrogens is 290 g/mol. The molecule has 1 aromatic rings. The molecule has 3 heterocycles. The van der Waals surface area contributed by atoms with Crippen molar-refractivity contribution >= 4 is 18.1 Å². The number of likely N-dealkylation sites (N-methyl/N-ethyl adjacent to an activating group) is 1. The zero-order chi connectivity index (χ0) is 16.6. The third-order valence-electron chi connectivity index (χ3n) is 4.30. The Hall–Kier alpha value is -2.55. The normalized spacial score (nSPS) is 22.5. The van der Waals surface area contributed by atoms with Crippen molar-refractivity contribution in [2.45, 2.75) is 19.4 Å². The third-order valence-corrected chi connectivity index (χ3v) is 4.30. The van der Waals surface area contributed by atoms with Crippen LogP contribution in [0, 0.1) is 17.8 Å². The number of hydrogen-bond donors (Lipinski definition) is 0. The van der Waals surface area contributed by atoms with Crippen LogP contribution in [0.2, 0.25) is 0 Å². The molecular formula is C17H21N5O. The Labute approximate surface area is 136 Å². The topological polar surface area (TPSA) is 52.0 Å². The summed E-state index contributed by atoms with van der Waals surface area (Å²) in [5, 5.41) is 6.04. The van der Waals surface area contributed by atoms with Gasteiger partial charge in [0.2, 0.25) is 0 Å². The molecule has 3 rings (SSSR count). The van der Waals surface area contributed by atoms with E-state index in [1.54, 1.807) is 16.0 Å². The Morgan fingerprint density at radius 1 is 1.30 bits per heavy atom. The van der Waals surface area contributed by atoms with E-state index in [1.807, 2.05) is 51.3 Å². The lowest BCUT2D eigenvalue weighted by Gasteiger charge is -2.24. The van der Waals surface area contributed by atoms with Crippen LogP contribution in [0.15, 0.2) is 23.4 Å². The van der Waals surface area contributed by atoms with Crippen molar-refractivity contribution in [3.63, 3.8) is 0 Å². The molecule has 0 aliphatic carbocycles. The highest BCUT2D eigenvalue weighted by Crippen LogP contribution is 2.27. The molecule has 6 heteroatoms. The van der Waals surface area contributed by atoms with E-state index in [4.69, 9.17) is 0 Å². The molecule has 0 bridgehead atoms. The Bertz CT molecular complexity index is 698. The van der Waals surface area contributed by atoms with Crippen LogP contribution >= 0.6 is 0 Å². The number of hydrogen-bond acceptors (Lipinski definition) is 4. The van der Waals surface area contributed by atoms with Crippen LogP contribution in [0.1, 0.15) is 19.4 Å². The highest BCUT2D eigenvalue weighted by molar-refractivity contribution is 5.94. The smallest absolute Gasteiger partial charge is 0.320 e. The van der Waals surface area contributed by atoms with Gasteiger partial charge < -0.3 is 4.90 Å². The first-order valence-electron chi connectivity index (χ1n) is 7.65. The van der Waals surface area contributed by atoms with Crippen molar-refractivity contribution in [2.24, 2.45) is 11.0 Å². The molecule has 2 amide bonds. The summed E-state index contributed by atoms with van der Waals surface area (Å²) in [7, 11) is 3.75. The quantitative estimate of drug-likeness (QED) is 0.741. The van der Waals surface area contributed by atoms with E-state index in [1.165, 1.54) is 0 Å². The lowest BCUT2D eigenvalue weighted by atomic mass is 10.1. The van der Waals surface area contributed by atoms with Crippen molar-refractivity contribution in [1.29, 1.82) is 0 Å². The maximum atomic E-state index is 12.3. The predicted molar refractivity (Wildman–Crippen MR) is 90.3 cm³/mol. The second-order valence-corrected chi connectivity index (χ2v) is 6.63. The molecule has 2 aliphatic heterocycles. The second kappa shape index (κ2) is 5.58. The van der Waals surface area contributed by atoms with Crippen LogP contribution in [0.4, 0.5) is 10.6 Å². The van der Waals surface area contributed by atoms with Crippen LogP contribution in [-0.4, -0.2) is 59.9 Å². The highest BCUT2D eigenvalue weighted by Gasteiger charge is 2.41. The minimum Gasteiger partial charge on any atom is -0.320 e. The van der Waals surface area contributed by atoms with Gasteiger partial charge in [-0.15, -0.1) is 0 Å². The first kappa shape index (κ1) is 15.3. The summed E-state index contributed by atoms with van der Waals surface area (Å²) in [6.07, 6.45) is 3.58. The number of amides is 2.